The summed E-state index contributed by atoms with van der Waals surface area (Å²) in [6.07, 6.45) is 0.547. The molecule has 1 aliphatic heterocycles. The Morgan fingerprint density at radius 3 is 2.76 bits per heavy atom. The largest absolute Gasteiger partial charge is 0.315 e. The molecule has 3 heteroatoms. The van der Waals surface area contributed by atoms with Gasteiger partial charge in [0, 0.05) is 25.3 Å². The topological polar surface area (TPSA) is 23.6 Å². The zero-order chi connectivity index (χ0) is 12.6. The van der Waals surface area contributed by atoms with E-state index in [1.165, 1.54) is 5.56 Å². The van der Waals surface area contributed by atoms with Crippen LogP contribution in [0.25, 0.3) is 0 Å². The van der Waals surface area contributed by atoms with Crippen LogP contribution in [0.3, 0.4) is 0 Å². The molecule has 0 aliphatic carbocycles. The molecule has 0 aromatic heterocycles. The first-order valence-electron chi connectivity index (χ1n) is 6.07. The molecular weight excluding hydrogens is 212 g/mol. The molecule has 0 saturated heterocycles. The van der Waals surface area contributed by atoms with E-state index in [1.54, 1.807) is 4.90 Å². The normalized spacial score (nSPS) is 14.9. The lowest BCUT2D eigenvalue weighted by Gasteiger charge is -2.21. The first-order chi connectivity index (χ1) is 7.99. The van der Waals surface area contributed by atoms with Crippen molar-refractivity contribution < 1.29 is 4.79 Å². The van der Waals surface area contributed by atoms with E-state index >= 15 is 0 Å². The summed E-state index contributed by atoms with van der Waals surface area (Å²) in [4.78, 5) is 15.6. The highest BCUT2D eigenvalue weighted by atomic mass is 16.2. The Kier molecular flexibility index (Phi) is 3.20. The summed E-state index contributed by atoms with van der Waals surface area (Å²) >= 11 is 0. The molecule has 0 spiro atoms. The molecule has 0 saturated carbocycles. The Morgan fingerprint density at radius 1 is 1.41 bits per heavy atom. The average Bonchev–Trinajstić information content (AvgIpc) is 2.54. The van der Waals surface area contributed by atoms with Crippen LogP contribution in [0.1, 0.15) is 25.0 Å². The standard InChI is InChI=1S/C14H20N2O/c1-10(2)15(3)9-11-5-6-13-12(7-11)8-14(17)16(13)4/h5-7,10H,8-9H2,1-4H3. The molecule has 92 valence electrons. The molecule has 0 atom stereocenters. The van der Waals surface area contributed by atoms with Gasteiger partial charge in [0.2, 0.25) is 5.91 Å². The molecule has 0 N–H and O–H groups in total. The summed E-state index contributed by atoms with van der Waals surface area (Å²) in [5.74, 6) is 0.189. The summed E-state index contributed by atoms with van der Waals surface area (Å²) in [5.41, 5.74) is 3.50. The van der Waals surface area contributed by atoms with Crippen LogP contribution < -0.4 is 4.90 Å². The maximum atomic E-state index is 11.6. The minimum absolute atomic E-state index is 0.189. The Bertz CT molecular complexity index is 440. The van der Waals surface area contributed by atoms with Crippen molar-refractivity contribution in [2.45, 2.75) is 32.9 Å². The van der Waals surface area contributed by atoms with Crippen molar-refractivity contribution in [1.82, 2.24) is 4.90 Å². The van der Waals surface area contributed by atoms with Crippen molar-refractivity contribution in [3.63, 3.8) is 0 Å². The Labute approximate surface area is 103 Å². The Hall–Kier alpha value is -1.35. The smallest absolute Gasteiger partial charge is 0.231 e. The van der Waals surface area contributed by atoms with Crippen molar-refractivity contribution in [3.8, 4) is 0 Å². The van der Waals surface area contributed by atoms with Crippen LogP contribution in [-0.2, 0) is 17.8 Å². The van der Waals surface area contributed by atoms with E-state index in [4.69, 9.17) is 0 Å². The maximum absolute atomic E-state index is 11.6. The van der Waals surface area contributed by atoms with E-state index in [1.807, 2.05) is 7.05 Å². The summed E-state index contributed by atoms with van der Waals surface area (Å²) in [5, 5.41) is 0. The number of carbonyl (C=O) groups is 1. The molecule has 0 fully saturated rings. The zero-order valence-electron chi connectivity index (χ0n) is 11.0. The lowest BCUT2D eigenvalue weighted by Crippen LogP contribution is -2.25. The van der Waals surface area contributed by atoms with E-state index in [2.05, 4.69) is 44.0 Å². The van der Waals surface area contributed by atoms with Crippen molar-refractivity contribution >= 4 is 11.6 Å². The molecule has 2 rings (SSSR count). The van der Waals surface area contributed by atoms with E-state index in [0.29, 0.717) is 12.5 Å². The van der Waals surface area contributed by atoms with E-state index in [-0.39, 0.29) is 5.91 Å². The molecule has 1 heterocycles. The van der Waals surface area contributed by atoms with Gasteiger partial charge in [-0.1, -0.05) is 12.1 Å². The van der Waals surface area contributed by atoms with E-state index < -0.39 is 0 Å². The predicted octanol–water partition coefficient (Wildman–Crippen LogP) is 2.05. The minimum Gasteiger partial charge on any atom is -0.315 e. The molecule has 0 unspecified atom stereocenters. The molecule has 1 amide bonds. The van der Waals surface area contributed by atoms with Gasteiger partial charge in [-0.15, -0.1) is 0 Å². The summed E-state index contributed by atoms with van der Waals surface area (Å²) in [6.45, 7) is 5.30. The van der Waals surface area contributed by atoms with Crippen molar-refractivity contribution in [2.75, 3.05) is 19.0 Å². The fourth-order valence-electron chi connectivity index (χ4n) is 2.09. The number of hydrogen-bond acceptors (Lipinski definition) is 2. The second-order valence-corrected chi connectivity index (χ2v) is 5.10. The summed E-state index contributed by atoms with van der Waals surface area (Å²) in [7, 11) is 3.96. The minimum atomic E-state index is 0.189. The number of rotatable bonds is 3. The van der Waals surface area contributed by atoms with Gasteiger partial charge in [-0.25, -0.2) is 0 Å². The fourth-order valence-corrected chi connectivity index (χ4v) is 2.09. The number of benzene rings is 1. The first kappa shape index (κ1) is 12.1. The highest BCUT2D eigenvalue weighted by Gasteiger charge is 2.23. The van der Waals surface area contributed by atoms with Gasteiger partial charge in [-0.2, -0.15) is 0 Å². The molecule has 17 heavy (non-hydrogen) atoms. The third kappa shape index (κ3) is 2.34. The van der Waals surface area contributed by atoms with Gasteiger partial charge in [-0.05, 0) is 38.1 Å². The Morgan fingerprint density at radius 2 is 2.12 bits per heavy atom. The molecule has 3 nitrogen and oxygen atoms in total. The number of anilines is 1. The molecule has 1 aromatic carbocycles. The van der Waals surface area contributed by atoms with Crippen LogP contribution in [-0.4, -0.2) is 30.9 Å². The molecular formula is C14H20N2O. The van der Waals surface area contributed by atoms with Crippen LogP contribution in [0.4, 0.5) is 5.69 Å². The summed E-state index contributed by atoms with van der Waals surface area (Å²) in [6, 6.07) is 6.87. The summed E-state index contributed by atoms with van der Waals surface area (Å²) < 4.78 is 0. The zero-order valence-corrected chi connectivity index (χ0v) is 11.0. The van der Waals surface area contributed by atoms with Gasteiger partial charge in [0.05, 0.1) is 6.42 Å². The van der Waals surface area contributed by atoms with Gasteiger partial charge in [0.15, 0.2) is 0 Å². The number of fused-ring (bicyclic) bond motifs is 1. The van der Waals surface area contributed by atoms with Crippen molar-refractivity contribution in [2.24, 2.45) is 0 Å². The van der Waals surface area contributed by atoms with Crippen LogP contribution in [0.15, 0.2) is 18.2 Å². The van der Waals surface area contributed by atoms with E-state index in [0.717, 1.165) is 17.8 Å². The second-order valence-electron chi connectivity index (χ2n) is 5.10. The van der Waals surface area contributed by atoms with Gasteiger partial charge in [-0.3, -0.25) is 9.69 Å². The monoisotopic (exact) mass is 232 g/mol. The lowest BCUT2D eigenvalue weighted by molar-refractivity contribution is -0.117. The fraction of sp³-hybridized carbons (Fsp3) is 0.500. The first-order valence-corrected chi connectivity index (χ1v) is 6.07. The second kappa shape index (κ2) is 4.49. The van der Waals surface area contributed by atoms with Gasteiger partial charge >= 0.3 is 0 Å². The molecule has 0 bridgehead atoms. The quantitative estimate of drug-likeness (QED) is 0.796. The third-order valence-corrected chi connectivity index (χ3v) is 3.53. The SMILES string of the molecule is CC(C)N(C)Cc1ccc2c(c1)CC(=O)N2C. The number of amides is 1. The molecule has 1 aromatic rings. The number of carbonyl (C=O) groups excluding carboxylic acids is 1. The van der Waals surface area contributed by atoms with Crippen molar-refractivity contribution in [3.05, 3.63) is 29.3 Å². The third-order valence-electron chi connectivity index (χ3n) is 3.53. The van der Waals surface area contributed by atoms with Crippen molar-refractivity contribution in [1.29, 1.82) is 0 Å². The van der Waals surface area contributed by atoms with Crippen LogP contribution in [0.2, 0.25) is 0 Å². The van der Waals surface area contributed by atoms with Gasteiger partial charge in [0.25, 0.3) is 0 Å². The van der Waals surface area contributed by atoms with Gasteiger partial charge < -0.3 is 4.90 Å². The van der Waals surface area contributed by atoms with E-state index in [9.17, 15) is 4.79 Å². The predicted molar refractivity (Wildman–Crippen MR) is 70.2 cm³/mol. The number of hydrogen-bond donors (Lipinski definition) is 0. The number of likely N-dealkylation sites (N-methyl/N-ethyl adjacent to an activating group) is 1. The lowest BCUT2D eigenvalue weighted by atomic mass is 10.1. The Balaban J connectivity index is 2.19. The average molecular weight is 232 g/mol. The van der Waals surface area contributed by atoms with Crippen LogP contribution in [0.5, 0.6) is 0 Å². The maximum Gasteiger partial charge on any atom is 0.231 e. The van der Waals surface area contributed by atoms with Crippen LogP contribution in [0, 0.1) is 0 Å². The molecule has 1 aliphatic rings. The molecule has 0 radical (unpaired) electrons. The highest BCUT2D eigenvalue weighted by Crippen LogP contribution is 2.28. The number of nitrogens with zero attached hydrogens (tertiary/aromatic N) is 2. The highest BCUT2D eigenvalue weighted by molar-refractivity contribution is 6.00. The van der Waals surface area contributed by atoms with Crippen LogP contribution >= 0.6 is 0 Å². The van der Waals surface area contributed by atoms with Gasteiger partial charge in [0.1, 0.15) is 0 Å².